The van der Waals surface area contributed by atoms with Crippen molar-refractivity contribution in [2.75, 3.05) is 7.11 Å². The Balaban J connectivity index is 2.22. The van der Waals surface area contributed by atoms with Crippen molar-refractivity contribution in [2.45, 2.75) is 6.42 Å². The Hall–Kier alpha value is -1.51. The average molecular weight is 295 g/mol. The van der Waals surface area contributed by atoms with E-state index in [9.17, 15) is 4.79 Å². The number of carbonyl (C=O) groups excluding carboxylic acids is 1. The smallest absolute Gasteiger partial charge is 0.170 e. The zero-order chi connectivity index (χ0) is 13.8. The van der Waals surface area contributed by atoms with Crippen LogP contribution in [0.15, 0.2) is 42.5 Å². The van der Waals surface area contributed by atoms with Crippen LogP contribution in [0.1, 0.15) is 15.9 Å². The third kappa shape index (κ3) is 3.49. The molecular weight excluding hydrogens is 283 g/mol. The van der Waals surface area contributed by atoms with Crippen LogP contribution in [0.2, 0.25) is 10.0 Å². The molecule has 19 heavy (non-hydrogen) atoms. The summed E-state index contributed by atoms with van der Waals surface area (Å²) in [6, 6.07) is 12.2. The molecule has 0 radical (unpaired) electrons. The van der Waals surface area contributed by atoms with Crippen LogP contribution >= 0.6 is 23.2 Å². The minimum absolute atomic E-state index is 0.0177. The van der Waals surface area contributed by atoms with E-state index in [0.29, 0.717) is 27.8 Å². The number of hydrogen-bond acceptors (Lipinski definition) is 2. The van der Waals surface area contributed by atoms with Gasteiger partial charge in [-0.2, -0.15) is 0 Å². The van der Waals surface area contributed by atoms with Crippen molar-refractivity contribution in [3.8, 4) is 5.75 Å². The lowest BCUT2D eigenvalue weighted by atomic mass is 10.0. The van der Waals surface area contributed by atoms with Crippen LogP contribution in [-0.4, -0.2) is 12.9 Å². The highest BCUT2D eigenvalue weighted by Gasteiger charge is 2.13. The zero-order valence-electron chi connectivity index (χ0n) is 10.3. The van der Waals surface area contributed by atoms with Gasteiger partial charge in [0.1, 0.15) is 5.75 Å². The van der Waals surface area contributed by atoms with Gasteiger partial charge >= 0.3 is 0 Å². The lowest BCUT2D eigenvalue weighted by Gasteiger charge is -2.08. The first kappa shape index (κ1) is 13.9. The van der Waals surface area contributed by atoms with E-state index < -0.39 is 0 Å². The van der Waals surface area contributed by atoms with Gasteiger partial charge in [-0.1, -0.05) is 35.3 Å². The maximum Gasteiger partial charge on any atom is 0.170 e. The molecule has 0 heterocycles. The molecule has 0 fully saturated rings. The number of hydrogen-bond donors (Lipinski definition) is 0. The van der Waals surface area contributed by atoms with Crippen LogP contribution in [0, 0.1) is 0 Å². The topological polar surface area (TPSA) is 26.3 Å². The fraction of sp³-hybridized carbons (Fsp3) is 0.133. The van der Waals surface area contributed by atoms with Crippen molar-refractivity contribution >= 4 is 29.0 Å². The molecule has 98 valence electrons. The number of benzene rings is 2. The summed E-state index contributed by atoms with van der Waals surface area (Å²) in [6.07, 6.45) is 0.301. The van der Waals surface area contributed by atoms with Gasteiger partial charge in [-0.25, -0.2) is 0 Å². The normalized spacial score (nSPS) is 10.3. The van der Waals surface area contributed by atoms with E-state index in [1.54, 1.807) is 30.3 Å². The first-order valence-corrected chi connectivity index (χ1v) is 6.47. The third-order valence-corrected chi connectivity index (χ3v) is 3.23. The summed E-state index contributed by atoms with van der Waals surface area (Å²) in [5.41, 5.74) is 1.44. The molecule has 2 aromatic rings. The molecule has 0 bridgehead atoms. The van der Waals surface area contributed by atoms with Gasteiger partial charge in [0.05, 0.1) is 12.7 Å². The summed E-state index contributed by atoms with van der Waals surface area (Å²) in [5, 5.41) is 1.19. The second-order valence-electron chi connectivity index (χ2n) is 4.07. The van der Waals surface area contributed by atoms with E-state index in [-0.39, 0.29) is 5.78 Å². The molecule has 0 atom stereocenters. The second kappa shape index (κ2) is 6.09. The molecule has 0 aliphatic heterocycles. The Morgan fingerprint density at radius 2 is 1.68 bits per heavy atom. The molecule has 0 saturated carbocycles. The number of ketones is 1. The van der Waals surface area contributed by atoms with Crippen LogP contribution in [0.5, 0.6) is 5.75 Å². The highest BCUT2D eigenvalue weighted by Crippen LogP contribution is 2.24. The van der Waals surface area contributed by atoms with Crippen molar-refractivity contribution in [1.29, 1.82) is 0 Å². The highest BCUT2D eigenvalue weighted by atomic mass is 35.5. The minimum atomic E-state index is -0.0177. The van der Waals surface area contributed by atoms with E-state index >= 15 is 0 Å². The fourth-order valence-corrected chi connectivity index (χ4v) is 2.07. The molecule has 2 nitrogen and oxygen atoms in total. The Morgan fingerprint density at radius 1 is 1.05 bits per heavy atom. The number of ether oxygens (including phenoxy) is 1. The number of rotatable bonds is 4. The van der Waals surface area contributed by atoms with Gasteiger partial charge in [-0.05, 0) is 35.9 Å². The molecule has 0 aliphatic rings. The Kier molecular flexibility index (Phi) is 4.46. The molecule has 0 aliphatic carbocycles. The Labute approximate surface area is 121 Å². The van der Waals surface area contributed by atoms with Crippen LogP contribution in [0.4, 0.5) is 0 Å². The molecule has 0 amide bonds. The first-order valence-electron chi connectivity index (χ1n) is 5.71. The molecule has 0 saturated heterocycles. The monoisotopic (exact) mass is 294 g/mol. The van der Waals surface area contributed by atoms with Crippen LogP contribution < -0.4 is 4.74 Å². The molecule has 0 spiro atoms. The first-order chi connectivity index (χ1) is 9.10. The fourth-order valence-electron chi connectivity index (χ4n) is 1.78. The second-order valence-corrected chi connectivity index (χ2v) is 4.94. The van der Waals surface area contributed by atoms with E-state index in [2.05, 4.69) is 0 Å². The standard InChI is InChI=1S/C15H12Cl2O2/c1-19-15-9-12(17)6-7-13(15)14(18)8-10-2-4-11(16)5-3-10/h2-7,9H,8H2,1H3. The maximum absolute atomic E-state index is 12.2. The lowest BCUT2D eigenvalue weighted by molar-refractivity contribution is 0.0990. The van der Waals surface area contributed by atoms with E-state index in [4.69, 9.17) is 27.9 Å². The Bertz CT molecular complexity index is 592. The van der Waals surface area contributed by atoms with E-state index in [1.165, 1.54) is 7.11 Å². The molecular formula is C15H12Cl2O2. The lowest BCUT2D eigenvalue weighted by Crippen LogP contribution is -2.05. The maximum atomic E-state index is 12.2. The number of halogens is 2. The van der Waals surface area contributed by atoms with Gasteiger partial charge in [-0.3, -0.25) is 4.79 Å². The van der Waals surface area contributed by atoms with Gasteiger partial charge < -0.3 is 4.74 Å². The summed E-state index contributed by atoms with van der Waals surface area (Å²) in [6.45, 7) is 0. The summed E-state index contributed by atoms with van der Waals surface area (Å²) in [5.74, 6) is 0.474. The largest absolute Gasteiger partial charge is 0.496 e. The summed E-state index contributed by atoms with van der Waals surface area (Å²) < 4.78 is 5.18. The van der Waals surface area contributed by atoms with Gasteiger partial charge in [0, 0.05) is 16.5 Å². The number of Topliss-reactive ketones (excluding diaryl/α,β-unsaturated/α-hetero) is 1. The zero-order valence-corrected chi connectivity index (χ0v) is 11.8. The molecule has 0 N–H and O–H groups in total. The summed E-state index contributed by atoms with van der Waals surface area (Å²) in [4.78, 5) is 12.2. The SMILES string of the molecule is COc1cc(Cl)ccc1C(=O)Cc1ccc(Cl)cc1. The molecule has 4 heteroatoms. The van der Waals surface area contributed by atoms with E-state index in [0.717, 1.165) is 5.56 Å². The van der Waals surface area contributed by atoms with Gasteiger partial charge in [0.15, 0.2) is 5.78 Å². The highest BCUT2D eigenvalue weighted by molar-refractivity contribution is 6.31. The third-order valence-electron chi connectivity index (χ3n) is 2.74. The van der Waals surface area contributed by atoms with Gasteiger partial charge in [0.25, 0.3) is 0 Å². The molecule has 0 aromatic heterocycles. The van der Waals surface area contributed by atoms with Gasteiger partial charge in [0.2, 0.25) is 0 Å². The molecule has 2 rings (SSSR count). The summed E-state index contributed by atoms with van der Waals surface area (Å²) in [7, 11) is 1.52. The van der Waals surface area contributed by atoms with Crippen molar-refractivity contribution in [2.24, 2.45) is 0 Å². The summed E-state index contributed by atoms with van der Waals surface area (Å²) >= 11 is 11.7. The predicted octanol–water partition coefficient (Wildman–Crippen LogP) is 4.43. The van der Waals surface area contributed by atoms with Crippen LogP contribution in [-0.2, 0) is 6.42 Å². The van der Waals surface area contributed by atoms with Crippen molar-refractivity contribution in [1.82, 2.24) is 0 Å². The average Bonchev–Trinajstić information content (AvgIpc) is 2.41. The van der Waals surface area contributed by atoms with Crippen molar-refractivity contribution in [3.63, 3.8) is 0 Å². The minimum Gasteiger partial charge on any atom is -0.496 e. The molecule has 0 unspecified atom stereocenters. The van der Waals surface area contributed by atoms with E-state index in [1.807, 2.05) is 12.1 Å². The van der Waals surface area contributed by atoms with Crippen LogP contribution in [0.3, 0.4) is 0 Å². The number of carbonyl (C=O) groups is 1. The Morgan fingerprint density at radius 3 is 2.32 bits per heavy atom. The molecule has 2 aromatic carbocycles. The van der Waals surface area contributed by atoms with Crippen LogP contribution in [0.25, 0.3) is 0 Å². The number of methoxy groups -OCH3 is 1. The van der Waals surface area contributed by atoms with Crippen molar-refractivity contribution < 1.29 is 9.53 Å². The quantitative estimate of drug-likeness (QED) is 0.780. The van der Waals surface area contributed by atoms with Crippen molar-refractivity contribution in [3.05, 3.63) is 63.6 Å². The predicted molar refractivity (Wildman–Crippen MR) is 77.5 cm³/mol. The van der Waals surface area contributed by atoms with Gasteiger partial charge in [-0.15, -0.1) is 0 Å².